The van der Waals surface area contributed by atoms with Crippen molar-refractivity contribution in [2.75, 3.05) is 0 Å². The van der Waals surface area contributed by atoms with Crippen molar-refractivity contribution in [2.24, 2.45) is 0 Å². The summed E-state index contributed by atoms with van der Waals surface area (Å²) in [5.41, 5.74) is -0.184. The van der Waals surface area contributed by atoms with Crippen LogP contribution in [0.5, 0.6) is 0 Å². The number of halogens is 4. The second-order valence-corrected chi connectivity index (χ2v) is 4.99. The lowest BCUT2D eigenvalue weighted by atomic mass is 10.1. The number of nitriles is 1. The quantitative estimate of drug-likeness (QED) is 0.843. The van der Waals surface area contributed by atoms with Gasteiger partial charge in [0.2, 0.25) is 0 Å². The molecule has 2 rings (SSSR count). The topological polar surface area (TPSA) is 54.5 Å². The van der Waals surface area contributed by atoms with Gasteiger partial charge >= 0.3 is 6.18 Å². The van der Waals surface area contributed by atoms with Crippen LogP contribution in [0.1, 0.15) is 36.6 Å². The number of hydrogen-bond donors (Lipinski definition) is 0. The van der Waals surface area contributed by atoms with E-state index in [1.54, 1.807) is 0 Å². The van der Waals surface area contributed by atoms with Gasteiger partial charge in [-0.2, -0.15) is 23.5 Å². The SMILES string of the molecule is CC(C)c1nn(-c2ccc(C(F)(F)F)cn2)c(Cl)c1C#N. The van der Waals surface area contributed by atoms with Crippen molar-refractivity contribution in [1.29, 1.82) is 5.26 Å². The van der Waals surface area contributed by atoms with E-state index in [2.05, 4.69) is 10.1 Å². The van der Waals surface area contributed by atoms with Crippen LogP contribution in [-0.4, -0.2) is 14.8 Å². The third kappa shape index (κ3) is 2.85. The van der Waals surface area contributed by atoms with Crippen molar-refractivity contribution in [3.8, 4) is 11.9 Å². The molecule has 8 heteroatoms. The normalized spacial score (nSPS) is 11.7. The molecular weight excluding hydrogens is 305 g/mol. The Morgan fingerprint density at radius 2 is 2.00 bits per heavy atom. The van der Waals surface area contributed by atoms with Gasteiger partial charge in [0.05, 0.1) is 11.3 Å². The first-order valence-corrected chi connectivity index (χ1v) is 6.35. The summed E-state index contributed by atoms with van der Waals surface area (Å²) in [6, 6.07) is 4.00. The molecule has 0 bridgehead atoms. The van der Waals surface area contributed by atoms with Crippen molar-refractivity contribution in [2.45, 2.75) is 25.9 Å². The van der Waals surface area contributed by atoms with E-state index in [1.165, 1.54) is 0 Å². The molecule has 0 N–H and O–H groups in total. The molecule has 0 fully saturated rings. The van der Waals surface area contributed by atoms with Gasteiger partial charge in [0.25, 0.3) is 0 Å². The molecule has 2 aromatic rings. The Bertz CT molecular complexity index is 696. The first kappa shape index (κ1) is 15.3. The van der Waals surface area contributed by atoms with Crippen LogP contribution in [-0.2, 0) is 6.18 Å². The van der Waals surface area contributed by atoms with Gasteiger partial charge in [0.15, 0.2) is 11.0 Å². The lowest BCUT2D eigenvalue weighted by Gasteiger charge is -2.07. The molecule has 0 spiro atoms. The molecule has 2 aromatic heterocycles. The summed E-state index contributed by atoms with van der Waals surface area (Å²) in [5, 5.41) is 13.3. The van der Waals surface area contributed by atoms with Gasteiger partial charge in [0, 0.05) is 6.20 Å². The number of hydrogen-bond acceptors (Lipinski definition) is 3. The molecule has 110 valence electrons. The smallest absolute Gasteiger partial charge is 0.236 e. The van der Waals surface area contributed by atoms with E-state index in [0.717, 1.165) is 16.8 Å². The van der Waals surface area contributed by atoms with Crippen LogP contribution in [0.15, 0.2) is 18.3 Å². The first-order chi connectivity index (χ1) is 9.75. The van der Waals surface area contributed by atoms with Crippen LogP contribution in [0.4, 0.5) is 13.2 Å². The highest BCUT2D eigenvalue weighted by Gasteiger charge is 2.31. The van der Waals surface area contributed by atoms with Crippen molar-refractivity contribution < 1.29 is 13.2 Å². The zero-order chi connectivity index (χ0) is 15.8. The second kappa shape index (κ2) is 5.37. The third-order valence-electron chi connectivity index (χ3n) is 2.81. The van der Waals surface area contributed by atoms with E-state index < -0.39 is 11.7 Å². The number of nitrogens with zero attached hydrogens (tertiary/aromatic N) is 4. The predicted molar refractivity (Wildman–Crippen MR) is 70.2 cm³/mol. The molecule has 0 atom stereocenters. The fourth-order valence-corrected chi connectivity index (χ4v) is 2.02. The van der Waals surface area contributed by atoms with Crippen LogP contribution in [0.2, 0.25) is 5.15 Å². The first-order valence-electron chi connectivity index (χ1n) is 5.97. The van der Waals surface area contributed by atoms with Gasteiger partial charge < -0.3 is 0 Å². The summed E-state index contributed by atoms with van der Waals surface area (Å²) in [7, 11) is 0. The molecule has 0 aliphatic carbocycles. The minimum Gasteiger partial charge on any atom is -0.236 e. The molecule has 0 unspecified atom stereocenters. The third-order valence-corrected chi connectivity index (χ3v) is 3.16. The summed E-state index contributed by atoms with van der Waals surface area (Å²) in [5.74, 6) is 0.0734. The lowest BCUT2D eigenvalue weighted by Crippen LogP contribution is -2.07. The monoisotopic (exact) mass is 314 g/mol. The Morgan fingerprint density at radius 3 is 2.38 bits per heavy atom. The molecule has 0 saturated carbocycles. The average Bonchev–Trinajstić information content (AvgIpc) is 2.75. The molecule has 0 aliphatic heterocycles. The van der Waals surface area contributed by atoms with Crippen molar-refractivity contribution in [1.82, 2.24) is 14.8 Å². The molecule has 0 aliphatic rings. The zero-order valence-corrected chi connectivity index (χ0v) is 11.9. The second-order valence-electron chi connectivity index (χ2n) is 4.63. The molecule has 0 radical (unpaired) electrons. The Labute approximate surface area is 123 Å². The summed E-state index contributed by atoms with van der Waals surface area (Å²) in [6.45, 7) is 3.67. The molecule has 0 aromatic carbocycles. The van der Waals surface area contributed by atoms with Gasteiger partial charge in [-0.1, -0.05) is 25.4 Å². The highest BCUT2D eigenvalue weighted by molar-refractivity contribution is 6.31. The Balaban J connectivity index is 2.51. The number of rotatable bonds is 2. The van der Waals surface area contributed by atoms with Crippen LogP contribution < -0.4 is 0 Å². The van der Waals surface area contributed by atoms with E-state index >= 15 is 0 Å². The number of aromatic nitrogens is 3. The molecule has 0 amide bonds. The maximum atomic E-state index is 12.5. The standard InChI is InChI=1S/C13H10ClF3N4/c1-7(2)11-9(5-18)12(14)21(20-11)10-4-3-8(6-19-10)13(15,16)17/h3-4,6-7H,1-2H3. The fraction of sp³-hybridized carbons (Fsp3) is 0.308. The minimum absolute atomic E-state index is 0.0356. The number of alkyl halides is 3. The Hall–Kier alpha value is -2.07. The summed E-state index contributed by atoms with van der Waals surface area (Å²) >= 11 is 6.05. The summed E-state index contributed by atoms with van der Waals surface area (Å²) in [6.07, 6.45) is -3.76. The van der Waals surface area contributed by atoms with Crippen LogP contribution in [0.3, 0.4) is 0 Å². The fourth-order valence-electron chi connectivity index (χ4n) is 1.75. The molecule has 0 saturated heterocycles. The highest BCUT2D eigenvalue weighted by Crippen LogP contribution is 2.30. The van der Waals surface area contributed by atoms with Crippen molar-refractivity contribution in [3.63, 3.8) is 0 Å². The largest absolute Gasteiger partial charge is 0.417 e. The van der Waals surface area contributed by atoms with Gasteiger partial charge in [0.1, 0.15) is 11.6 Å². The Kier molecular flexibility index (Phi) is 3.92. The van der Waals surface area contributed by atoms with E-state index in [4.69, 9.17) is 16.9 Å². The van der Waals surface area contributed by atoms with Gasteiger partial charge in [-0.05, 0) is 18.1 Å². The van der Waals surface area contributed by atoms with Gasteiger partial charge in [-0.15, -0.1) is 0 Å². The lowest BCUT2D eigenvalue weighted by molar-refractivity contribution is -0.137. The van der Waals surface area contributed by atoms with Crippen LogP contribution >= 0.6 is 11.6 Å². The highest BCUT2D eigenvalue weighted by atomic mass is 35.5. The minimum atomic E-state index is -4.46. The molecule has 2 heterocycles. The van der Waals surface area contributed by atoms with Gasteiger partial charge in [-0.25, -0.2) is 9.67 Å². The van der Waals surface area contributed by atoms with Crippen molar-refractivity contribution in [3.05, 3.63) is 40.3 Å². The Morgan fingerprint density at radius 1 is 1.33 bits per heavy atom. The van der Waals surface area contributed by atoms with Crippen LogP contribution in [0, 0.1) is 11.3 Å². The predicted octanol–water partition coefficient (Wildman–Crippen LogP) is 3.93. The molecule has 4 nitrogen and oxygen atoms in total. The number of pyridine rings is 1. The maximum absolute atomic E-state index is 12.5. The van der Waals surface area contributed by atoms with Crippen molar-refractivity contribution >= 4 is 11.6 Å². The van der Waals surface area contributed by atoms with Crippen LogP contribution in [0.25, 0.3) is 5.82 Å². The van der Waals surface area contributed by atoms with Gasteiger partial charge in [-0.3, -0.25) is 0 Å². The zero-order valence-electron chi connectivity index (χ0n) is 11.1. The maximum Gasteiger partial charge on any atom is 0.417 e. The van der Waals surface area contributed by atoms with E-state index in [9.17, 15) is 13.2 Å². The average molecular weight is 315 g/mol. The van der Waals surface area contributed by atoms with E-state index in [-0.39, 0.29) is 22.5 Å². The van der Waals surface area contributed by atoms with E-state index in [1.807, 2.05) is 19.9 Å². The summed E-state index contributed by atoms with van der Waals surface area (Å²) < 4.78 is 38.7. The molecule has 21 heavy (non-hydrogen) atoms. The molecular formula is C13H10ClF3N4. The summed E-state index contributed by atoms with van der Waals surface area (Å²) in [4.78, 5) is 3.71. The van der Waals surface area contributed by atoms with E-state index in [0.29, 0.717) is 11.9 Å².